The highest BCUT2D eigenvalue weighted by Crippen LogP contribution is 2.15. The van der Waals surface area contributed by atoms with Gasteiger partial charge in [-0.05, 0) is 12.1 Å². The molecule has 0 aromatic heterocycles. The minimum atomic E-state index is -0.498. The van der Waals surface area contributed by atoms with E-state index in [1.165, 1.54) is 24.3 Å². The lowest BCUT2D eigenvalue weighted by atomic mass is 10.3. The summed E-state index contributed by atoms with van der Waals surface area (Å²) in [5.41, 5.74) is 2.87. The van der Waals surface area contributed by atoms with Crippen LogP contribution in [0.4, 0.5) is 11.4 Å². The molecule has 0 aliphatic rings. The largest absolute Gasteiger partial charge is 0.343 e. The van der Waals surface area contributed by atoms with Gasteiger partial charge in [0.2, 0.25) is 0 Å². The van der Waals surface area contributed by atoms with Crippen LogP contribution in [0.2, 0.25) is 0 Å². The molecule has 1 aromatic carbocycles. The van der Waals surface area contributed by atoms with Crippen molar-refractivity contribution in [3.05, 3.63) is 34.4 Å². The molecule has 0 bridgehead atoms. The average molecular weight is 210 g/mol. The molecule has 0 unspecified atom stereocenters. The zero-order valence-electron chi connectivity index (χ0n) is 8.10. The standard InChI is InChI=1S/C9H10N2O4/c1-2-9(12)15-10-7-3-5-8(6-4-7)11(13)14/h3-6,10H,2H2,1H3. The number of anilines is 1. The van der Waals surface area contributed by atoms with Gasteiger partial charge < -0.3 is 4.84 Å². The highest BCUT2D eigenvalue weighted by Gasteiger charge is 2.04. The zero-order chi connectivity index (χ0) is 11.3. The maximum Gasteiger partial charge on any atom is 0.331 e. The van der Waals surface area contributed by atoms with Gasteiger partial charge in [0.15, 0.2) is 0 Å². The predicted octanol–water partition coefficient (Wildman–Crippen LogP) is 1.87. The van der Waals surface area contributed by atoms with Crippen LogP contribution in [0.15, 0.2) is 24.3 Å². The molecule has 0 fully saturated rings. The Hall–Kier alpha value is -2.11. The van der Waals surface area contributed by atoms with Gasteiger partial charge in [-0.1, -0.05) is 6.92 Å². The highest BCUT2D eigenvalue weighted by molar-refractivity contribution is 5.70. The first-order valence-corrected chi connectivity index (χ1v) is 4.33. The molecule has 1 aromatic rings. The van der Waals surface area contributed by atoms with Crippen LogP contribution in [0.3, 0.4) is 0 Å². The second kappa shape index (κ2) is 4.94. The molecule has 0 saturated heterocycles. The molecule has 6 nitrogen and oxygen atoms in total. The molecule has 0 aliphatic carbocycles. The van der Waals surface area contributed by atoms with Crippen molar-refractivity contribution in [2.75, 3.05) is 5.48 Å². The van der Waals surface area contributed by atoms with E-state index in [9.17, 15) is 14.9 Å². The average Bonchev–Trinajstić information content (AvgIpc) is 2.26. The molecule has 0 atom stereocenters. The monoisotopic (exact) mass is 210 g/mol. The summed E-state index contributed by atoms with van der Waals surface area (Å²) in [7, 11) is 0. The van der Waals surface area contributed by atoms with E-state index in [4.69, 9.17) is 0 Å². The first-order valence-electron chi connectivity index (χ1n) is 4.33. The molecule has 80 valence electrons. The molecule has 15 heavy (non-hydrogen) atoms. The third-order valence-corrected chi connectivity index (χ3v) is 1.65. The van der Waals surface area contributed by atoms with Gasteiger partial charge in [0, 0.05) is 18.6 Å². The van der Waals surface area contributed by atoms with E-state index in [2.05, 4.69) is 10.3 Å². The molecule has 0 spiro atoms. The molecule has 6 heteroatoms. The highest BCUT2D eigenvalue weighted by atomic mass is 16.7. The van der Waals surface area contributed by atoms with Gasteiger partial charge in [0.1, 0.15) is 0 Å². The van der Waals surface area contributed by atoms with Crippen molar-refractivity contribution in [3.63, 3.8) is 0 Å². The molecule has 0 radical (unpaired) electrons. The van der Waals surface area contributed by atoms with Gasteiger partial charge in [-0.15, -0.1) is 0 Å². The number of benzene rings is 1. The smallest absolute Gasteiger partial charge is 0.331 e. The van der Waals surface area contributed by atoms with E-state index in [1.54, 1.807) is 6.92 Å². The Balaban J connectivity index is 2.57. The molecular weight excluding hydrogens is 200 g/mol. The molecule has 0 aliphatic heterocycles. The SMILES string of the molecule is CCC(=O)ONc1ccc([N+](=O)[O-])cc1. The Morgan fingerprint density at radius 2 is 2.07 bits per heavy atom. The van der Waals surface area contributed by atoms with Crippen molar-refractivity contribution >= 4 is 17.3 Å². The lowest BCUT2D eigenvalue weighted by Crippen LogP contribution is -2.08. The second-order valence-electron chi connectivity index (χ2n) is 2.73. The maximum absolute atomic E-state index is 10.8. The van der Waals surface area contributed by atoms with Crippen molar-refractivity contribution in [2.45, 2.75) is 13.3 Å². The quantitative estimate of drug-likeness (QED) is 0.606. The zero-order valence-corrected chi connectivity index (χ0v) is 8.10. The van der Waals surface area contributed by atoms with Crippen LogP contribution in [0, 0.1) is 10.1 Å². The van der Waals surface area contributed by atoms with Gasteiger partial charge in [-0.3, -0.25) is 10.1 Å². The Kier molecular flexibility index (Phi) is 3.61. The Bertz CT molecular complexity index is 361. The third-order valence-electron chi connectivity index (χ3n) is 1.65. The van der Waals surface area contributed by atoms with Crippen LogP contribution in [0.5, 0.6) is 0 Å². The normalized spacial score (nSPS) is 9.40. The van der Waals surface area contributed by atoms with E-state index in [0.29, 0.717) is 5.69 Å². The number of non-ortho nitro benzene ring substituents is 1. The number of rotatable bonds is 4. The van der Waals surface area contributed by atoms with E-state index in [0.717, 1.165) is 0 Å². The summed E-state index contributed by atoms with van der Waals surface area (Å²) in [4.78, 5) is 25.2. The predicted molar refractivity (Wildman–Crippen MR) is 53.1 cm³/mol. The van der Waals surface area contributed by atoms with Crippen molar-refractivity contribution in [1.29, 1.82) is 0 Å². The summed E-state index contributed by atoms with van der Waals surface area (Å²) in [5, 5.41) is 10.3. The van der Waals surface area contributed by atoms with Crippen LogP contribution in [-0.2, 0) is 9.63 Å². The van der Waals surface area contributed by atoms with Crippen LogP contribution in [-0.4, -0.2) is 10.9 Å². The molecule has 1 N–H and O–H groups in total. The number of nitrogens with zero attached hydrogens (tertiary/aromatic N) is 1. The Labute approximate surface area is 86.0 Å². The number of nitrogens with one attached hydrogen (secondary N) is 1. The summed E-state index contributed by atoms with van der Waals surface area (Å²) >= 11 is 0. The first kappa shape index (κ1) is 11.0. The van der Waals surface area contributed by atoms with E-state index in [-0.39, 0.29) is 12.1 Å². The summed E-state index contributed by atoms with van der Waals surface area (Å²) in [6, 6.07) is 5.56. The number of nitro benzene ring substituents is 1. The second-order valence-corrected chi connectivity index (χ2v) is 2.73. The van der Waals surface area contributed by atoms with Crippen molar-refractivity contribution in [3.8, 4) is 0 Å². The minimum absolute atomic E-state index is 0.0117. The van der Waals surface area contributed by atoms with E-state index >= 15 is 0 Å². The number of hydrogen-bond acceptors (Lipinski definition) is 5. The molecular formula is C9H10N2O4. The molecule has 0 amide bonds. The van der Waals surface area contributed by atoms with Crippen molar-refractivity contribution in [1.82, 2.24) is 0 Å². The van der Waals surface area contributed by atoms with Gasteiger partial charge in [-0.25, -0.2) is 10.3 Å². The number of carbonyl (C=O) groups is 1. The topological polar surface area (TPSA) is 81.5 Å². The fourth-order valence-electron chi connectivity index (χ4n) is 0.839. The van der Waals surface area contributed by atoms with Gasteiger partial charge >= 0.3 is 5.97 Å². The first-order chi connectivity index (χ1) is 7.13. The Morgan fingerprint density at radius 1 is 1.47 bits per heavy atom. The third kappa shape index (κ3) is 3.26. The van der Waals surface area contributed by atoms with Crippen LogP contribution >= 0.6 is 0 Å². The number of carbonyl (C=O) groups excluding carboxylic acids is 1. The maximum atomic E-state index is 10.8. The van der Waals surface area contributed by atoms with Crippen molar-refractivity contribution < 1.29 is 14.6 Å². The van der Waals surface area contributed by atoms with Crippen LogP contribution < -0.4 is 5.48 Å². The van der Waals surface area contributed by atoms with Gasteiger partial charge in [0.05, 0.1) is 10.6 Å². The van der Waals surface area contributed by atoms with Crippen molar-refractivity contribution in [2.24, 2.45) is 0 Å². The van der Waals surface area contributed by atoms with E-state index < -0.39 is 10.9 Å². The molecule has 1 rings (SSSR count). The molecule has 0 saturated carbocycles. The lowest BCUT2D eigenvalue weighted by Gasteiger charge is -2.04. The van der Waals surface area contributed by atoms with Crippen LogP contribution in [0.1, 0.15) is 13.3 Å². The summed E-state index contributed by atoms with van der Waals surface area (Å²) in [6.07, 6.45) is 0.264. The summed E-state index contributed by atoms with van der Waals surface area (Å²) in [6.45, 7) is 1.67. The van der Waals surface area contributed by atoms with E-state index in [1.807, 2.05) is 0 Å². The lowest BCUT2D eigenvalue weighted by molar-refractivity contribution is -0.384. The minimum Gasteiger partial charge on any atom is -0.343 e. The summed E-state index contributed by atoms with van der Waals surface area (Å²) < 4.78 is 0. The number of hydrogen-bond donors (Lipinski definition) is 1. The molecule has 0 heterocycles. The van der Waals surface area contributed by atoms with Gasteiger partial charge in [-0.2, -0.15) is 0 Å². The fraction of sp³-hybridized carbons (Fsp3) is 0.222. The Morgan fingerprint density at radius 3 is 2.53 bits per heavy atom. The number of nitro groups is 1. The van der Waals surface area contributed by atoms with Crippen LogP contribution in [0.25, 0.3) is 0 Å². The summed E-state index contributed by atoms with van der Waals surface area (Å²) in [5.74, 6) is -0.395. The van der Waals surface area contributed by atoms with Gasteiger partial charge in [0.25, 0.3) is 5.69 Å². The fourth-order valence-corrected chi connectivity index (χ4v) is 0.839.